The van der Waals surface area contributed by atoms with Gasteiger partial charge in [0, 0.05) is 11.8 Å². The van der Waals surface area contributed by atoms with Crippen LogP contribution < -0.4 is 0 Å². The topological polar surface area (TPSA) is 51.2 Å². The summed E-state index contributed by atoms with van der Waals surface area (Å²) in [5.41, 5.74) is 0. The van der Waals surface area contributed by atoms with E-state index in [9.17, 15) is 14.4 Å². The Morgan fingerprint density at radius 3 is 1.93 bits per heavy atom. The third kappa shape index (κ3) is 0.764. The first-order valence-electron chi connectivity index (χ1n) is 5.26. The second-order valence-electron chi connectivity index (χ2n) is 4.80. The molecular weight excluding hydrogens is 180 g/mol. The highest BCUT2D eigenvalue weighted by atomic mass is 16.2. The molecule has 3 fully saturated rings. The zero-order valence-corrected chi connectivity index (χ0v) is 7.81. The number of hydrogen-bond acceptors (Lipinski definition) is 3. The lowest BCUT2D eigenvalue weighted by Gasteiger charge is -2.21. The molecule has 0 amide bonds. The van der Waals surface area contributed by atoms with Crippen LogP contribution in [0, 0.1) is 29.6 Å². The zero-order chi connectivity index (χ0) is 9.87. The first-order chi connectivity index (χ1) is 6.74. The fourth-order valence-corrected chi connectivity index (χ4v) is 3.80. The van der Waals surface area contributed by atoms with E-state index in [0.29, 0.717) is 18.1 Å². The molecule has 0 saturated heterocycles. The maximum Gasteiger partial charge on any atom is 0.154 e. The van der Waals surface area contributed by atoms with Gasteiger partial charge in [-0.25, -0.2) is 0 Å². The summed E-state index contributed by atoms with van der Waals surface area (Å²) in [4.78, 5) is 34.2. The van der Waals surface area contributed by atoms with Crippen LogP contribution >= 0.6 is 0 Å². The van der Waals surface area contributed by atoms with Crippen molar-refractivity contribution in [3.63, 3.8) is 0 Å². The van der Waals surface area contributed by atoms with Crippen molar-refractivity contribution >= 4 is 17.9 Å². The van der Waals surface area contributed by atoms with Gasteiger partial charge in [0.25, 0.3) is 0 Å². The molecule has 0 spiro atoms. The second kappa shape index (κ2) is 2.53. The van der Waals surface area contributed by atoms with Crippen molar-refractivity contribution in [2.75, 3.05) is 0 Å². The van der Waals surface area contributed by atoms with Crippen LogP contribution in [0.4, 0.5) is 0 Å². The molecule has 0 aromatic heterocycles. The molecule has 0 aromatic rings. The molecule has 2 bridgehead atoms. The molecule has 3 heteroatoms. The van der Waals surface area contributed by atoms with E-state index in [2.05, 4.69) is 0 Å². The minimum absolute atomic E-state index is 0.0813. The van der Waals surface area contributed by atoms with Gasteiger partial charge in [0.1, 0.15) is 12.2 Å². The predicted octanol–water partition coefficient (Wildman–Crippen LogP) is 0.616. The van der Waals surface area contributed by atoms with Crippen molar-refractivity contribution in [1.29, 1.82) is 0 Å². The SMILES string of the molecule is O=CC1C(=O)C2C3CCC(C3)C2C1=O. The first kappa shape index (κ1) is 8.33. The molecule has 3 nitrogen and oxygen atoms in total. The Morgan fingerprint density at radius 2 is 1.50 bits per heavy atom. The lowest BCUT2D eigenvalue weighted by Crippen LogP contribution is -2.24. The number of carbonyl (C=O) groups excluding carboxylic acids is 3. The molecule has 0 radical (unpaired) electrons. The molecule has 14 heavy (non-hydrogen) atoms. The van der Waals surface area contributed by atoms with Crippen molar-refractivity contribution in [1.82, 2.24) is 0 Å². The zero-order valence-electron chi connectivity index (χ0n) is 7.81. The third-order valence-corrected chi connectivity index (χ3v) is 4.32. The van der Waals surface area contributed by atoms with Gasteiger partial charge in [0.2, 0.25) is 0 Å². The standard InChI is InChI=1S/C11H12O3/c12-4-7-10(13)8-5-1-2-6(3-5)9(8)11(7)14/h4-9H,1-3H2. The highest BCUT2D eigenvalue weighted by molar-refractivity contribution is 6.20. The molecule has 4 unspecified atom stereocenters. The van der Waals surface area contributed by atoms with Crippen LogP contribution in [0.25, 0.3) is 0 Å². The normalized spacial score (nSPS) is 49.9. The van der Waals surface area contributed by atoms with Gasteiger partial charge in [-0.2, -0.15) is 0 Å². The minimum Gasteiger partial charge on any atom is -0.302 e. The molecule has 0 heterocycles. The van der Waals surface area contributed by atoms with Crippen LogP contribution in [-0.2, 0) is 14.4 Å². The molecule has 0 N–H and O–H groups in total. The van der Waals surface area contributed by atoms with Gasteiger partial charge in [0.15, 0.2) is 11.6 Å². The summed E-state index contributed by atoms with van der Waals surface area (Å²) >= 11 is 0. The quantitative estimate of drug-likeness (QED) is 0.452. The minimum atomic E-state index is -0.909. The van der Waals surface area contributed by atoms with Crippen LogP contribution in [0.15, 0.2) is 0 Å². The number of fused-ring (bicyclic) bond motifs is 5. The Bertz CT molecular complexity index is 305. The smallest absolute Gasteiger partial charge is 0.154 e. The van der Waals surface area contributed by atoms with Crippen LogP contribution in [0.2, 0.25) is 0 Å². The summed E-state index contributed by atoms with van der Waals surface area (Å²) in [7, 11) is 0. The van der Waals surface area contributed by atoms with Crippen molar-refractivity contribution in [3.8, 4) is 0 Å². The summed E-state index contributed by atoms with van der Waals surface area (Å²) < 4.78 is 0. The van der Waals surface area contributed by atoms with E-state index in [0.717, 1.165) is 19.3 Å². The molecule has 0 aromatic carbocycles. The number of hydrogen-bond donors (Lipinski definition) is 0. The predicted molar refractivity (Wildman–Crippen MR) is 47.4 cm³/mol. The molecule has 3 saturated carbocycles. The lowest BCUT2D eigenvalue weighted by atomic mass is 9.81. The largest absolute Gasteiger partial charge is 0.302 e. The van der Waals surface area contributed by atoms with Gasteiger partial charge in [-0.15, -0.1) is 0 Å². The summed E-state index contributed by atoms with van der Waals surface area (Å²) in [5.74, 6) is -0.427. The second-order valence-corrected chi connectivity index (χ2v) is 4.80. The van der Waals surface area contributed by atoms with Gasteiger partial charge in [-0.05, 0) is 31.1 Å². The van der Waals surface area contributed by atoms with Crippen LogP contribution in [0.3, 0.4) is 0 Å². The highest BCUT2D eigenvalue weighted by Gasteiger charge is 2.61. The summed E-state index contributed by atoms with van der Waals surface area (Å²) in [6.45, 7) is 0. The third-order valence-electron chi connectivity index (χ3n) is 4.32. The van der Waals surface area contributed by atoms with E-state index >= 15 is 0 Å². The molecular formula is C11H12O3. The summed E-state index contributed by atoms with van der Waals surface area (Å²) in [6, 6.07) is 0. The molecule has 3 rings (SSSR count). The van der Waals surface area contributed by atoms with Crippen molar-refractivity contribution in [2.45, 2.75) is 19.3 Å². The van der Waals surface area contributed by atoms with E-state index < -0.39 is 5.92 Å². The average Bonchev–Trinajstić information content (AvgIpc) is 2.80. The van der Waals surface area contributed by atoms with E-state index in [1.54, 1.807) is 0 Å². The van der Waals surface area contributed by atoms with Crippen LogP contribution in [0.5, 0.6) is 0 Å². The Balaban J connectivity index is 2.02. The number of aldehydes is 1. The number of carbonyl (C=O) groups is 3. The van der Waals surface area contributed by atoms with E-state index in [1.165, 1.54) is 0 Å². The maximum absolute atomic E-state index is 11.8. The molecule has 4 atom stereocenters. The monoisotopic (exact) mass is 192 g/mol. The molecule has 0 aliphatic heterocycles. The van der Waals surface area contributed by atoms with E-state index in [4.69, 9.17) is 0 Å². The number of Topliss-reactive ketones (excluding diaryl/α,β-unsaturated/α-hetero) is 2. The van der Waals surface area contributed by atoms with Crippen molar-refractivity contribution < 1.29 is 14.4 Å². The molecule has 3 aliphatic rings. The van der Waals surface area contributed by atoms with Crippen LogP contribution in [0.1, 0.15) is 19.3 Å². The first-order valence-corrected chi connectivity index (χ1v) is 5.26. The van der Waals surface area contributed by atoms with Gasteiger partial charge >= 0.3 is 0 Å². The number of ketones is 2. The fourth-order valence-electron chi connectivity index (χ4n) is 3.80. The fraction of sp³-hybridized carbons (Fsp3) is 0.727. The lowest BCUT2D eigenvalue weighted by molar-refractivity contribution is -0.132. The summed E-state index contributed by atoms with van der Waals surface area (Å²) in [5, 5.41) is 0. The Labute approximate surface area is 81.9 Å². The number of rotatable bonds is 1. The van der Waals surface area contributed by atoms with Gasteiger partial charge in [-0.3, -0.25) is 9.59 Å². The highest BCUT2D eigenvalue weighted by Crippen LogP contribution is 2.56. The van der Waals surface area contributed by atoms with Crippen molar-refractivity contribution in [2.24, 2.45) is 29.6 Å². The Morgan fingerprint density at radius 1 is 1.00 bits per heavy atom. The van der Waals surface area contributed by atoms with Crippen LogP contribution in [-0.4, -0.2) is 17.9 Å². The molecule has 74 valence electrons. The maximum atomic E-state index is 11.8. The van der Waals surface area contributed by atoms with E-state index in [1.807, 2.05) is 0 Å². The Hall–Kier alpha value is -0.990. The van der Waals surface area contributed by atoms with Gasteiger partial charge in [0.05, 0.1) is 0 Å². The van der Waals surface area contributed by atoms with Crippen molar-refractivity contribution in [3.05, 3.63) is 0 Å². The summed E-state index contributed by atoms with van der Waals surface area (Å²) in [6.07, 6.45) is 3.74. The molecule has 3 aliphatic carbocycles. The van der Waals surface area contributed by atoms with Gasteiger partial charge in [-0.1, -0.05) is 0 Å². The average molecular weight is 192 g/mol. The van der Waals surface area contributed by atoms with E-state index in [-0.39, 0.29) is 23.4 Å². The van der Waals surface area contributed by atoms with Gasteiger partial charge < -0.3 is 4.79 Å². The Kier molecular flexibility index (Phi) is 1.50.